The number of ether oxygens (including phenoxy) is 1. The number of esters is 1. The third kappa shape index (κ3) is 5.70. The number of hydrogen-bond acceptors (Lipinski definition) is 5. The lowest BCUT2D eigenvalue weighted by molar-refractivity contribution is -0.143. The molecule has 0 aromatic carbocycles. The van der Waals surface area contributed by atoms with Crippen LogP contribution >= 0.6 is 23.2 Å². The fourth-order valence-electron chi connectivity index (χ4n) is 1.14. The van der Waals surface area contributed by atoms with Crippen molar-refractivity contribution in [3.05, 3.63) is 16.4 Å². The summed E-state index contributed by atoms with van der Waals surface area (Å²) in [6, 6.07) is 1.45. The maximum absolute atomic E-state index is 11.0. The van der Waals surface area contributed by atoms with E-state index in [9.17, 15) is 4.79 Å². The van der Waals surface area contributed by atoms with Crippen LogP contribution in [0.4, 0.5) is 5.95 Å². The van der Waals surface area contributed by atoms with Crippen molar-refractivity contribution in [1.82, 2.24) is 9.97 Å². The standard InChI is InChI=1S/C10H13Cl2N3O2/c1-2-17-9(16)4-3-5-13-10-14-7(11)6-8(12)15-10/h6H,2-5H2,1H3,(H,13,14,15). The third-order valence-corrected chi connectivity index (χ3v) is 2.20. The first-order valence-electron chi connectivity index (χ1n) is 5.21. The molecule has 0 saturated carbocycles. The first-order valence-corrected chi connectivity index (χ1v) is 5.97. The summed E-state index contributed by atoms with van der Waals surface area (Å²) in [4.78, 5) is 18.9. The number of anilines is 1. The minimum absolute atomic E-state index is 0.209. The van der Waals surface area contributed by atoms with Crippen molar-refractivity contribution >= 4 is 35.1 Å². The van der Waals surface area contributed by atoms with E-state index in [1.807, 2.05) is 0 Å². The molecule has 0 saturated heterocycles. The van der Waals surface area contributed by atoms with Crippen molar-refractivity contribution in [1.29, 1.82) is 0 Å². The molecule has 94 valence electrons. The molecule has 0 bridgehead atoms. The maximum atomic E-state index is 11.0. The molecule has 0 fully saturated rings. The van der Waals surface area contributed by atoms with Crippen LogP contribution < -0.4 is 5.32 Å². The molecule has 0 aliphatic carbocycles. The van der Waals surface area contributed by atoms with Crippen molar-refractivity contribution in [2.45, 2.75) is 19.8 Å². The van der Waals surface area contributed by atoms with Crippen molar-refractivity contribution in [2.24, 2.45) is 0 Å². The van der Waals surface area contributed by atoms with Crippen LogP contribution in [-0.2, 0) is 9.53 Å². The van der Waals surface area contributed by atoms with Gasteiger partial charge >= 0.3 is 5.97 Å². The van der Waals surface area contributed by atoms with Gasteiger partial charge in [-0.2, -0.15) is 0 Å². The van der Waals surface area contributed by atoms with Crippen LogP contribution in [-0.4, -0.2) is 29.1 Å². The Kier molecular flexibility index (Phi) is 6.00. The van der Waals surface area contributed by atoms with E-state index in [1.54, 1.807) is 6.92 Å². The molecule has 0 aliphatic heterocycles. The number of nitrogens with zero attached hydrogens (tertiary/aromatic N) is 2. The lowest BCUT2D eigenvalue weighted by Gasteiger charge is -2.05. The predicted molar refractivity (Wildman–Crippen MR) is 66.4 cm³/mol. The van der Waals surface area contributed by atoms with Gasteiger partial charge in [0.1, 0.15) is 10.3 Å². The highest BCUT2D eigenvalue weighted by Gasteiger charge is 2.03. The zero-order chi connectivity index (χ0) is 12.7. The maximum Gasteiger partial charge on any atom is 0.305 e. The van der Waals surface area contributed by atoms with Gasteiger partial charge in [-0.05, 0) is 13.3 Å². The minimum Gasteiger partial charge on any atom is -0.466 e. The second-order valence-electron chi connectivity index (χ2n) is 3.17. The molecule has 1 heterocycles. The zero-order valence-corrected chi connectivity index (χ0v) is 10.9. The number of nitrogens with one attached hydrogen (secondary N) is 1. The summed E-state index contributed by atoms with van der Waals surface area (Å²) in [5.74, 6) is 0.144. The van der Waals surface area contributed by atoms with E-state index in [0.29, 0.717) is 31.9 Å². The average Bonchev–Trinajstić information content (AvgIpc) is 2.23. The lowest BCUT2D eigenvalue weighted by Crippen LogP contribution is -2.09. The van der Waals surface area contributed by atoms with Crippen LogP contribution in [0.25, 0.3) is 0 Å². The quantitative estimate of drug-likeness (QED) is 0.492. The highest BCUT2D eigenvalue weighted by Crippen LogP contribution is 2.14. The molecule has 0 spiro atoms. The Morgan fingerprint density at radius 2 is 2.06 bits per heavy atom. The van der Waals surface area contributed by atoms with Gasteiger partial charge in [0.15, 0.2) is 0 Å². The van der Waals surface area contributed by atoms with Gasteiger partial charge in [0.05, 0.1) is 6.61 Å². The summed E-state index contributed by atoms with van der Waals surface area (Å²) in [6.07, 6.45) is 0.988. The molecule has 0 radical (unpaired) electrons. The topological polar surface area (TPSA) is 64.1 Å². The molecule has 0 amide bonds. The van der Waals surface area contributed by atoms with Crippen LogP contribution in [0, 0.1) is 0 Å². The van der Waals surface area contributed by atoms with Crippen LogP contribution in [0.2, 0.25) is 10.3 Å². The summed E-state index contributed by atoms with van der Waals surface area (Å²) in [6.45, 7) is 2.73. The van der Waals surface area contributed by atoms with Gasteiger partial charge in [-0.15, -0.1) is 0 Å². The number of carbonyl (C=O) groups excluding carboxylic acids is 1. The molecule has 7 heteroatoms. The van der Waals surface area contributed by atoms with Gasteiger partial charge in [-0.3, -0.25) is 4.79 Å². The Morgan fingerprint density at radius 3 is 2.65 bits per heavy atom. The fraction of sp³-hybridized carbons (Fsp3) is 0.500. The largest absolute Gasteiger partial charge is 0.466 e. The van der Waals surface area contributed by atoms with Crippen LogP contribution in [0.1, 0.15) is 19.8 Å². The van der Waals surface area contributed by atoms with Gasteiger partial charge in [-0.1, -0.05) is 23.2 Å². The van der Waals surface area contributed by atoms with Gasteiger partial charge in [0.2, 0.25) is 5.95 Å². The number of hydrogen-bond donors (Lipinski definition) is 1. The molecule has 5 nitrogen and oxygen atoms in total. The van der Waals surface area contributed by atoms with Crippen molar-refractivity contribution < 1.29 is 9.53 Å². The third-order valence-electron chi connectivity index (χ3n) is 1.81. The average molecular weight is 278 g/mol. The molecular formula is C10H13Cl2N3O2. The highest BCUT2D eigenvalue weighted by atomic mass is 35.5. The van der Waals surface area contributed by atoms with Gasteiger partial charge < -0.3 is 10.1 Å². The highest BCUT2D eigenvalue weighted by molar-refractivity contribution is 6.33. The number of rotatable bonds is 6. The van der Waals surface area contributed by atoms with Crippen molar-refractivity contribution in [3.63, 3.8) is 0 Å². The second-order valence-corrected chi connectivity index (χ2v) is 3.95. The first kappa shape index (κ1) is 14.0. The van der Waals surface area contributed by atoms with E-state index in [-0.39, 0.29) is 16.3 Å². The normalized spacial score (nSPS) is 10.1. The fourth-order valence-corrected chi connectivity index (χ4v) is 1.56. The summed E-state index contributed by atoms with van der Waals surface area (Å²) in [5, 5.41) is 3.48. The van der Waals surface area contributed by atoms with Crippen LogP contribution in [0.5, 0.6) is 0 Å². The molecule has 0 aliphatic rings. The Balaban J connectivity index is 2.28. The van der Waals surface area contributed by atoms with Gasteiger partial charge in [0.25, 0.3) is 0 Å². The molecule has 1 aromatic rings. The molecule has 1 N–H and O–H groups in total. The Morgan fingerprint density at radius 1 is 1.41 bits per heavy atom. The molecule has 0 atom stereocenters. The number of aromatic nitrogens is 2. The van der Waals surface area contributed by atoms with E-state index in [2.05, 4.69) is 15.3 Å². The van der Waals surface area contributed by atoms with Gasteiger partial charge in [-0.25, -0.2) is 9.97 Å². The van der Waals surface area contributed by atoms with Crippen molar-refractivity contribution in [3.8, 4) is 0 Å². The smallest absolute Gasteiger partial charge is 0.305 e. The lowest BCUT2D eigenvalue weighted by atomic mass is 10.3. The summed E-state index contributed by atoms with van der Waals surface area (Å²) in [5.41, 5.74) is 0. The predicted octanol–water partition coefficient (Wildman–Crippen LogP) is 2.54. The minimum atomic E-state index is -0.209. The molecule has 0 unspecified atom stereocenters. The van der Waals surface area contributed by atoms with E-state index >= 15 is 0 Å². The zero-order valence-electron chi connectivity index (χ0n) is 9.37. The van der Waals surface area contributed by atoms with E-state index < -0.39 is 0 Å². The van der Waals surface area contributed by atoms with E-state index in [0.717, 1.165) is 0 Å². The Hall–Kier alpha value is -1.07. The summed E-state index contributed by atoms with van der Waals surface area (Å²) >= 11 is 11.4. The molecule has 1 rings (SSSR count). The Bertz CT molecular complexity index is 368. The number of carbonyl (C=O) groups is 1. The van der Waals surface area contributed by atoms with Crippen LogP contribution in [0.15, 0.2) is 6.07 Å². The molecule has 1 aromatic heterocycles. The Labute approximate surface area is 109 Å². The van der Waals surface area contributed by atoms with E-state index in [1.165, 1.54) is 6.07 Å². The number of halogens is 2. The molecular weight excluding hydrogens is 265 g/mol. The monoisotopic (exact) mass is 277 g/mol. The molecule has 17 heavy (non-hydrogen) atoms. The SMILES string of the molecule is CCOC(=O)CCCNc1nc(Cl)cc(Cl)n1. The first-order chi connectivity index (χ1) is 8.11. The van der Waals surface area contributed by atoms with Gasteiger partial charge in [0, 0.05) is 19.0 Å². The van der Waals surface area contributed by atoms with E-state index in [4.69, 9.17) is 27.9 Å². The van der Waals surface area contributed by atoms with Crippen molar-refractivity contribution in [2.75, 3.05) is 18.5 Å². The summed E-state index contributed by atoms with van der Waals surface area (Å²) in [7, 11) is 0. The second kappa shape index (κ2) is 7.29. The van der Waals surface area contributed by atoms with Crippen LogP contribution in [0.3, 0.4) is 0 Å². The summed E-state index contributed by atoms with van der Waals surface area (Å²) < 4.78 is 4.79.